The number of ether oxygens (including phenoxy) is 1. The van der Waals surface area contributed by atoms with Crippen LogP contribution in [0.4, 0.5) is 0 Å². The first-order valence-corrected chi connectivity index (χ1v) is 12.3. The van der Waals surface area contributed by atoms with Crippen LogP contribution in [0.15, 0.2) is 78.9 Å². The Bertz CT molecular complexity index is 1100. The number of aryl methyl sites for hydroxylation is 1. The van der Waals surface area contributed by atoms with E-state index in [1.807, 2.05) is 107 Å². The van der Waals surface area contributed by atoms with Gasteiger partial charge in [0.05, 0.1) is 0 Å². The Morgan fingerprint density at radius 2 is 1.51 bits per heavy atom. The highest BCUT2D eigenvalue weighted by atomic mass is 16.5. The molecule has 0 fully saturated rings. The summed E-state index contributed by atoms with van der Waals surface area (Å²) >= 11 is 0. The Balaban J connectivity index is 1.91. The van der Waals surface area contributed by atoms with Crippen LogP contribution < -0.4 is 10.1 Å². The first kappa shape index (κ1) is 26.0. The van der Waals surface area contributed by atoms with Gasteiger partial charge in [-0.05, 0) is 55.5 Å². The van der Waals surface area contributed by atoms with Gasteiger partial charge in [-0.15, -0.1) is 0 Å². The molecule has 2 unspecified atom stereocenters. The minimum absolute atomic E-state index is 0.0145. The lowest BCUT2D eigenvalue weighted by atomic mass is 10.0. The summed E-state index contributed by atoms with van der Waals surface area (Å²) in [5.41, 5.74) is 4.07. The highest BCUT2D eigenvalue weighted by Gasteiger charge is 2.31. The molecule has 2 amide bonds. The third-order valence-corrected chi connectivity index (χ3v) is 6.37. The largest absolute Gasteiger partial charge is 0.483 e. The second kappa shape index (κ2) is 12.7. The third-order valence-electron chi connectivity index (χ3n) is 6.37. The van der Waals surface area contributed by atoms with Crippen molar-refractivity contribution in [2.24, 2.45) is 0 Å². The van der Waals surface area contributed by atoms with E-state index in [4.69, 9.17) is 4.74 Å². The maximum absolute atomic E-state index is 13.6. The molecule has 0 heterocycles. The van der Waals surface area contributed by atoms with Crippen LogP contribution in [0, 0.1) is 13.8 Å². The van der Waals surface area contributed by atoms with Crippen LogP contribution in [0.2, 0.25) is 0 Å². The molecule has 0 bridgehead atoms. The number of amides is 2. The second-order valence-corrected chi connectivity index (χ2v) is 9.02. The van der Waals surface area contributed by atoms with Gasteiger partial charge in [-0.1, -0.05) is 79.7 Å². The fourth-order valence-electron chi connectivity index (χ4n) is 3.88. The molecule has 1 N–H and O–H groups in total. The first-order chi connectivity index (χ1) is 16.9. The van der Waals surface area contributed by atoms with Crippen molar-refractivity contribution in [2.75, 3.05) is 6.61 Å². The van der Waals surface area contributed by atoms with Gasteiger partial charge in [0, 0.05) is 19.0 Å². The molecule has 5 heteroatoms. The van der Waals surface area contributed by atoms with Crippen molar-refractivity contribution in [2.45, 2.75) is 59.2 Å². The predicted molar refractivity (Wildman–Crippen MR) is 140 cm³/mol. The van der Waals surface area contributed by atoms with Gasteiger partial charge < -0.3 is 15.0 Å². The minimum atomic E-state index is -0.665. The average Bonchev–Trinajstić information content (AvgIpc) is 2.87. The molecule has 35 heavy (non-hydrogen) atoms. The number of hydrogen-bond donors (Lipinski definition) is 1. The van der Waals surface area contributed by atoms with Crippen LogP contribution in [0.5, 0.6) is 5.75 Å². The SMILES string of the molecule is CCC(C)NC(=O)C(Cc1ccccc1)N(Cc1ccccc1)C(=O)COc1cccc(C)c1C. The van der Waals surface area contributed by atoms with E-state index in [0.29, 0.717) is 18.7 Å². The van der Waals surface area contributed by atoms with E-state index in [-0.39, 0.29) is 24.5 Å². The average molecular weight is 473 g/mol. The zero-order valence-corrected chi connectivity index (χ0v) is 21.2. The van der Waals surface area contributed by atoms with E-state index in [1.54, 1.807) is 4.90 Å². The summed E-state index contributed by atoms with van der Waals surface area (Å²) in [4.78, 5) is 28.8. The molecule has 0 spiro atoms. The van der Waals surface area contributed by atoms with Gasteiger partial charge in [0.15, 0.2) is 6.61 Å². The van der Waals surface area contributed by atoms with Crippen LogP contribution in [0.25, 0.3) is 0 Å². The molecule has 0 saturated carbocycles. The maximum Gasteiger partial charge on any atom is 0.261 e. The van der Waals surface area contributed by atoms with E-state index in [9.17, 15) is 9.59 Å². The molecule has 3 aromatic carbocycles. The van der Waals surface area contributed by atoms with Gasteiger partial charge >= 0.3 is 0 Å². The Hall–Kier alpha value is -3.60. The quantitative estimate of drug-likeness (QED) is 0.415. The number of benzene rings is 3. The number of hydrogen-bond acceptors (Lipinski definition) is 3. The molecule has 0 aromatic heterocycles. The fraction of sp³-hybridized carbons (Fsp3) is 0.333. The number of carbonyl (C=O) groups is 2. The molecule has 0 aliphatic carbocycles. The van der Waals surface area contributed by atoms with Crippen molar-refractivity contribution in [1.29, 1.82) is 0 Å². The Morgan fingerprint density at radius 1 is 0.886 bits per heavy atom. The normalized spacial score (nSPS) is 12.5. The molecule has 2 atom stereocenters. The molecule has 184 valence electrons. The lowest BCUT2D eigenvalue weighted by Crippen LogP contribution is -2.53. The highest BCUT2D eigenvalue weighted by Crippen LogP contribution is 2.21. The van der Waals surface area contributed by atoms with Crippen molar-refractivity contribution in [3.8, 4) is 5.75 Å². The minimum Gasteiger partial charge on any atom is -0.483 e. The molecule has 3 rings (SSSR count). The van der Waals surface area contributed by atoms with E-state index >= 15 is 0 Å². The summed E-state index contributed by atoms with van der Waals surface area (Å²) in [5.74, 6) is 0.302. The summed E-state index contributed by atoms with van der Waals surface area (Å²) in [6, 6.07) is 24.7. The fourth-order valence-corrected chi connectivity index (χ4v) is 3.88. The summed E-state index contributed by atoms with van der Waals surface area (Å²) < 4.78 is 5.96. The molecule has 3 aromatic rings. The highest BCUT2D eigenvalue weighted by molar-refractivity contribution is 5.88. The standard InChI is InChI=1S/C30H36N2O3/c1-5-23(3)31-30(34)27(19-25-14-8-6-9-15-25)32(20-26-16-10-7-11-17-26)29(33)21-35-28-18-12-13-22(2)24(28)4/h6-18,23,27H,5,19-21H2,1-4H3,(H,31,34). The number of nitrogens with one attached hydrogen (secondary N) is 1. The molecular formula is C30H36N2O3. The Labute approximate surface area is 209 Å². The van der Waals surface area contributed by atoms with Crippen molar-refractivity contribution in [3.05, 3.63) is 101 Å². The van der Waals surface area contributed by atoms with E-state index in [0.717, 1.165) is 28.7 Å². The van der Waals surface area contributed by atoms with Crippen molar-refractivity contribution >= 4 is 11.8 Å². The summed E-state index contributed by atoms with van der Waals surface area (Å²) in [5, 5.41) is 3.09. The van der Waals surface area contributed by atoms with Crippen molar-refractivity contribution < 1.29 is 14.3 Å². The lowest BCUT2D eigenvalue weighted by molar-refractivity contribution is -0.143. The first-order valence-electron chi connectivity index (χ1n) is 12.3. The molecule has 0 radical (unpaired) electrons. The molecular weight excluding hydrogens is 436 g/mol. The zero-order valence-electron chi connectivity index (χ0n) is 21.2. The van der Waals surface area contributed by atoms with Gasteiger partial charge in [-0.25, -0.2) is 0 Å². The van der Waals surface area contributed by atoms with Crippen LogP contribution in [0.3, 0.4) is 0 Å². The van der Waals surface area contributed by atoms with Crippen LogP contribution in [0.1, 0.15) is 42.5 Å². The van der Waals surface area contributed by atoms with Crippen molar-refractivity contribution in [1.82, 2.24) is 10.2 Å². The molecule has 5 nitrogen and oxygen atoms in total. The van der Waals surface area contributed by atoms with Gasteiger partial charge in [-0.3, -0.25) is 9.59 Å². The Morgan fingerprint density at radius 3 is 2.14 bits per heavy atom. The van der Waals surface area contributed by atoms with Crippen LogP contribution >= 0.6 is 0 Å². The number of carbonyl (C=O) groups excluding carboxylic acids is 2. The Kier molecular flexibility index (Phi) is 9.47. The van der Waals surface area contributed by atoms with Gasteiger partial charge in [-0.2, -0.15) is 0 Å². The van der Waals surface area contributed by atoms with Crippen molar-refractivity contribution in [3.63, 3.8) is 0 Å². The van der Waals surface area contributed by atoms with Crippen LogP contribution in [-0.4, -0.2) is 35.4 Å². The molecule has 0 aliphatic heterocycles. The third kappa shape index (κ3) is 7.44. The number of rotatable bonds is 11. The second-order valence-electron chi connectivity index (χ2n) is 9.02. The van der Waals surface area contributed by atoms with E-state index in [2.05, 4.69) is 5.32 Å². The monoisotopic (exact) mass is 472 g/mol. The van der Waals surface area contributed by atoms with E-state index in [1.165, 1.54) is 0 Å². The smallest absolute Gasteiger partial charge is 0.261 e. The molecule has 0 saturated heterocycles. The predicted octanol–water partition coefficient (Wildman–Crippen LogP) is 5.24. The van der Waals surface area contributed by atoms with Gasteiger partial charge in [0.1, 0.15) is 11.8 Å². The maximum atomic E-state index is 13.6. The van der Waals surface area contributed by atoms with Gasteiger partial charge in [0.2, 0.25) is 5.91 Å². The van der Waals surface area contributed by atoms with Crippen LogP contribution in [-0.2, 0) is 22.6 Å². The summed E-state index contributed by atoms with van der Waals surface area (Å²) in [6.45, 7) is 8.18. The lowest BCUT2D eigenvalue weighted by Gasteiger charge is -2.32. The zero-order chi connectivity index (χ0) is 25.2. The van der Waals surface area contributed by atoms with Gasteiger partial charge in [0.25, 0.3) is 5.91 Å². The molecule has 0 aliphatic rings. The van der Waals surface area contributed by atoms with E-state index < -0.39 is 6.04 Å². The topological polar surface area (TPSA) is 58.6 Å². The number of nitrogens with zero attached hydrogens (tertiary/aromatic N) is 1. The summed E-state index contributed by atoms with van der Waals surface area (Å²) in [6.07, 6.45) is 1.23. The summed E-state index contributed by atoms with van der Waals surface area (Å²) in [7, 11) is 0.